The summed E-state index contributed by atoms with van der Waals surface area (Å²) in [5.41, 5.74) is 1.23. The van der Waals surface area contributed by atoms with E-state index in [1.807, 2.05) is 6.07 Å². The van der Waals surface area contributed by atoms with Crippen molar-refractivity contribution >= 4 is 0 Å². The number of benzene rings is 1. The first-order valence-electron chi connectivity index (χ1n) is 12.7. The molecule has 0 radical (unpaired) electrons. The summed E-state index contributed by atoms with van der Waals surface area (Å²) in [5.74, 6) is 0. The molecule has 1 atom stereocenters. The minimum Gasteiger partial charge on any atom is -0.379 e. The second-order valence-corrected chi connectivity index (χ2v) is 8.57. The van der Waals surface area contributed by atoms with Gasteiger partial charge in [0.25, 0.3) is 0 Å². The van der Waals surface area contributed by atoms with E-state index in [2.05, 4.69) is 31.2 Å². The highest BCUT2D eigenvalue weighted by Gasteiger charge is 2.08. The monoisotopic (exact) mass is 422 g/mol. The molecule has 0 aliphatic rings. The lowest BCUT2D eigenvalue weighted by atomic mass is 10.0. The van der Waals surface area contributed by atoms with E-state index >= 15 is 0 Å². The molecule has 0 bridgehead atoms. The highest BCUT2D eigenvalue weighted by Crippen LogP contribution is 2.13. The summed E-state index contributed by atoms with van der Waals surface area (Å²) in [4.78, 5) is 0. The number of alkyl halides is 1. The Morgan fingerprint density at radius 2 is 1.27 bits per heavy atom. The lowest BCUT2D eigenvalue weighted by Crippen LogP contribution is -2.20. The number of halogens is 1. The lowest BCUT2D eigenvalue weighted by molar-refractivity contribution is -0.0295. The molecule has 0 spiro atoms. The van der Waals surface area contributed by atoms with Crippen LogP contribution in [0.2, 0.25) is 0 Å². The Kier molecular flexibility index (Phi) is 19.3. The molecule has 0 aliphatic carbocycles. The Morgan fingerprint density at radius 3 is 1.80 bits per heavy atom. The Bertz CT molecular complexity index is 451. The van der Waals surface area contributed by atoms with Gasteiger partial charge in [0, 0.05) is 6.61 Å². The van der Waals surface area contributed by atoms with Crippen molar-refractivity contribution in [3.63, 3.8) is 0 Å². The summed E-state index contributed by atoms with van der Waals surface area (Å²) in [7, 11) is 0. The standard InChI is InChI=1S/C27H47FO2/c1-2-19-27(30-24-26-20-15-14-16-21-26)25-29-23-18-13-11-9-7-5-3-4-6-8-10-12-17-22-28/h14-16,20-21,27H,2-13,17-19,22-25H2,1H3. The zero-order valence-corrected chi connectivity index (χ0v) is 19.6. The van der Waals surface area contributed by atoms with E-state index in [1.165, 1.54) is 69.8 Å². The van der Waals surface area contributed by atoms with Gasteiger partial charge in [-0.25, -0.2) is 0 Å². The molecule has 3 heteroatoms. The summed E-state index contributed by atoms with van der Waals surface area (Å²) in [5, 5.41) is 0. The summed E-state index contributed by atoms with van der Waals surface area (Å²) < 4.78 is 23.9. The fourth-order valence-corrected chi connectivity index (χ4v) is 3.78. The maximum absolute atomic E-state index is 12.0. The van der Waals surface area contributed by atoms with Crippen LogP contribution in [0.15, 0.2) is 30.3 Å². The van der Waals surface area contributed by atoms with Crippen molar-refractivity contribution in [1.82, 2.24) is 0 Å². The zero-order valence-electron chi connectivity index (χ0n) is 19.6. The molecule has 0 N–H and O–H groups in total. The van der Waals surface area contributed by atoms with Gasteiger partial charge < -0.3 is 9.47 Å². The molecule has 0 aliphatic heterocycles. The van der Waals surface area contributed by atoms with Crippen molar-refractivity contribution in [2.45, 2.75) is 116 Å². The largest absolute Gasteiger partial charge is 0.379 e. The van der Waals surface area contributed by atoms with Gasteiger partial charge in [0.15, 0.2) is 0 Å². The van der Waals surface area contributed by atoms with Crippen LogP contribution in [0.5, 0.6) is 0 Å². The molecule has 1 unspecified atom stereocenters. The average Bonchev–Trinajstić information content (AvgIpc) is 2.77. The molecular weight excluding hydrogens is 375 g/mol. The van der Waals surface area contributed by atoms with Crippen LogP contribution >= 0.6 is 0 Å². The van der Waals surface area contributed by atoms with Crippen molar-refractivity contribution in [1.29, 1.82) is 0 Å². The molecule has 1 rings (SSSR count). The summed E-state index contributed by atoms with van der Waals surface area (Å²) >= 11 is 0. The fraction of sp³-hybridized carbons (Fsp3) is 0.778. The van der Waals surface area contributed by atoms with Crippen LogP contribution in [0.3, 0.4) is 0 Å². The normalized spacial score (nSPS) is 12.3. The summed E-state index contributed by atoms with van der Waals surface area (Å²) in [6.45, 7) is 4.31. The van der Waals surface area contributed by atoms with Crippen molar-refractivity contribution in [3.05, 3.63) is 35.9 Å². The van der Waals surface area contributed by atoms with Crippen LogP contribution in [0.25, 0.3) is 0 Å². The molecule has 0 aromatic heterocycles. The molecule has 174 valence electrons. The highest BCUT2D eigenvalue weighted by molar-refractivity contribution is 5.13. The first kappa shape index (κ1) is 27.1. The Morgan fingerprint density at radius 1 is 0.733 bits per heavy atom. The van der Waals surface area contributed by atoms with E-state index in [1.54, 1.807) is 0 Å². The van der Waals surface area contributed by atoms with Crippen molar-refractivity contribution in [2.75, 3.05) is 19.9 Å². The minimum absolute atomic E-state index is 0.144. The summed E-state index contributed by atoms with van der Waals surface area (Å²) in [6, 6.07) is 10.4. The van der Waals surface area contributed by atoms with Gasteiger partial charge in [-0.05, 0) is 24.8 Å². The fourth-order valence-electron chi connectivity index (χ4n) is 3.78. The van der Waals surface area contributed by atoms with Gasteiger partial charge in [0.1, 0.15) is 0 Å². The quantitative estimate of drug-likeness (QED) is 0.175. The van der Waals surface area contributed by atoms with Gasteiger partial charge >= 0.3 is 0 Å². The predicted octanol–water partition coefficient (Wildman–Crippen LogP) is 8.43. The van der Waals surface area contributed by atoms with Crippen molar-refractivity contribution in [3.8, 4) is 0 Å². The molecule has 0 heterocycles. The van der Waals surface area contributed by atoms with Gasteiger partial charge in [-0.1, -0.05) is 114 Å². The van der Waals surface area contributed by atoms with E-state index in [0.29, 0.717) is 13.2 Å². The first-order chi connectivity index (χ1) is 14.9. The van der Waals surface area contributed by atoms with Crippen LogP contribution in [0, 0.1) is 0 Å². The molecule has 1 aromatic rings. The smallest absolute Gasteiger partial charge is 0.0894 e. The van der Waals surface area contributed by atoms with E-state index in [-0.39, 0.29) is 12.8 Å². The third kappa shape index (κ3) is 16.8. The lowest BCUT2D eigenvalue weighted by Gasteiger charge is -2.17. The summed E-state index contributed by atoms with van der Waals surface area (Å²) in [6.07, 6.45) is 18.6. The van der Waals surface area contributed by atoms with Crippen molar-refractivity contribution in [2.24, 2.45) is 0 Å². The Balaban J connectivity index is 1.86. The number of hydrogen-bond acceptors (Lipinski definition) is 2. The second-order valence-electron chi connectivity index (χ2n) is 8.57. The van der Waals surface area contributed by atoms with Gasteiger partial charge in [-0.2, -0.15) is 0 Å². The predicted molar refractivity (Wildman–Crippen MR) is 127 cm³/mol. The van der Waals surface area contributed by atoms with Gasteiger partial charge in [0.2, 0.25) is 0 Å². The van der Waals surface area contributed by atoms with E-state index in [0.717, 1.165) is 38.7 Å². The van der Waals surface area contributed by atoms with Gasteiger partial charge in [-0.3, -0.25) is 4.39 Å². The molecule has 30 heavy (non-hydrogen) atoms. The highest BCUT2D eigenvalue weighted by atomic mass is 19.1. The van der Waals surface area contributed by atoms with E-state index < -0.39 is 0 Å². The SMILES string of the molecule is CCCC(COCCCCCCCCCCCCCCCF)OCc1ccccc1. The van der Waals surface area contributed by atoms with E-state index in [4.69, 9.17) is 9.47 Å². The van der Waals surface area contributed by atoms with Crippen molar-refractivity contribution < 1.29 is 13.9 Å². The Hall–Kier alpha value is -0.930. The molecule has 0 fully saturated rings. The maximum atomic E-state index is 12.0. The molecule has 1 aromatic carbocycles. The van der Waals surface area contributed by atoms with Crippen LogP contribution in [0.1, 0.15) is 109 Å². The third-order valence-corrected chi connectivity index (χ3v) is 5.67. The van der Waals surface area contributed by atoms with Crippen LogP contribution in [-0.2, 0) is 16.1 Å². The van der Waals surface area contributed by atoms with Gasteiger partial charge in [0.05, 0.1) is 26.0 Å². The number of unbranched alkanes of at least 4 members (excludes halogenated alkanes) is 12. The molecule has 2 nitrogen and oxygen atoms in total. The molecule has 0 saturated carbocycles. The van der Waals surface area contributed by atoms with Gasteiger partial charge in [-0.15, -0.1) is 0 Å². The van der Waals surface area contributed by atoms with Crippen LogP contribution in [0.4, 0.5) is 4.39 Å². The van der Waals surface area contributed by atoms with Crippen LogP contribution < -0.4 is 0 Å². The zero-order chi connectivity index (χ0) is 21.5. The molecular formula is C27H47FO2. The Labute approximate surface area is 185 Å². The van der Waals surface area contributed by atoms with Crippen LogP contribution in [-0.4, -0.2) is 26.0 Å². The van der Waals surface area contributed by atoms with E-state index in [9.17, 15) is 4.39 Å². The number of hydrogen-bond donors (Lipinski definition) is 0. The average molecular weight is 423 g/mol. The first-order valence-corrected chi connectivity index (χ1v) is 12.7. The number of rotatable bonds is 22. The maximum Gasteiger partial charge on any atom is 0.0894 e. The second kappa shape index (κ2) is 21.3. The molecule has 0 amide bonds. The third-order valence-electron chi connectivity index (χ3n) is 5.67. The number of ether oxygens (including phenoxy) is 2. The topological polar surface area (TPSA) is 18.5 Å². The molecule has 0 saturated heterocycles. The minimum atomic E-state index is -0.144.